The molecule has 0 bridgehead atoms. The molecule has 0 saturated carbocycles. The molecular weight excluding hydrogens is 506 g/mol. The van der Waals surface area contributed by atoms with E-state index in [1.165, 1.54) is 58.4 Å². The lowest BCUT2D eigenvalue weighted by molar-refractivity contribution is -0.192. The Bertz CT molecular complexity index is 1110. The fraction of sp³-hybridized carbons (Fsp3) is 0.529. The second-order valence-electron chi connectivity index (χ2n) is 7.07. The maximum absolute atomic E-state index is 13.1. The lowest BCUT2D eigenvalue weighted by atomic mass is 9.98. The van der Waals surface area contributed by atoms with Crippen LogP contribution >= 0.6 is 35.3 Å². The minimum Gasteiger partial charge on any atom is -0.477 e. The quantitative estimate of drug-likeness (QED) is 0.194. The number of carbonyl (C=O) groups excluding carboxylic acids is 2. The Balaban J connectivity index is 1.40. The van der Waals surface area contributed by atoms with Gasteiger partial charge in [-0.15, -0.1) is 33.7 Å². The molecule has 1 fully saturated rings. The molecule has 2 aliphatic rings. The zero-order valence-electron chi connectivity index (χ0n) is 18.1. The summed E-state index contributed by atoms with van der Waals surface area (Å²) < 4.78 is 5.45. The van der Waals surface area contributed by atoms with Gasteiger partial charge in [0, 0.05) is 25.0 Å². The van der Waals surface area contributed by atoms with Gasteiger partial charge in [0.1, 0.15) is 23.3 Å². The van der Waals surface area contributed by atoms with Gasteiger partial charge in [-0.2, -0.15) is 9.90 Å². The predicted molar refractivity (Wildman–Crippen MR) is 122 cm³/mol. The fourth-order valence-corrected chi connectivity index (χ4v) is 6.39. The number of nitrogens with zero attached hydrogens (tertiary/aromatic N) is 7. The van der Waals surface area contributed by atoms with Crippen LogP contribution in [0.5, 0.6) is 0 Å². The molecule has 1 saturated heterocycles. The largest absolute Gasteiger partial charge is 0.477 e. The van der Waals surface area contributed by atoms with Crippen LogP contribution in [0.3, 0.4) is 0 Å². The van der Waals surface area contributed by atoms with Crippen LogP contribution in [0.4, 0.5) is 0 Å². The fourth-order valence-electron chi connectivity index (χ4n) is 3.41. The molecular formula is C17H21N9O5S3. The number of β-lactam (4-membered cyclic amide) rings is 1. The average Bonchev–Trinajstić information content (AvgIpc) is 3.52. The first-order chi connectivity index (χ1) is 16.4. The minimum absolute atomic E-state index is 0.0273. The number of aliphatic carboxylic acids is 1. The van der Waals surface area contributed by atoms with E-state index in [0.717, 1.165) is 0 Å². The first-order valence-corrected chi connectivity index (χ1v) is 13.2. The Labute approximate surface area is 206 Å². The van der Waals surface area contributed by atoms with Crippen LogP contribution in [-0.2, 0) is 31.4 Å². The second kappa shape index (κ2) is 10.3. The van der Waals surface area contributed by atoms with Gasteiger partial charge in [-0.1, -0.05) is 18.7 Å². The molecule has 2 amide bonds. The van der Waals surface area contributed by atoms with Crippen LogP contribution in [-0.4, -0.2) is 98.6 Å². The number of tetrazole rings is 1. The monoisotopic (exact) mass is 527 g/mol. The number of aromatic amines is 1. The highest BCUT2D eigenvalue weighted by Crippen LogP contribution is 2.47. The summed E-state index contributed by atoms with van der Waals surface area (Å²) in [5, 5.41) is 30.7. The molecule has 17 heteroatoms. The van der Waals surface area contributed by atoms with Crippen molar-refractivity contribution in [2.45, 2.75) is 35.5 Å². The third kappa shape index (κ3) is 4.64. The van der Waals surface area contributed by atoms with Crippen LogP contribution in [0.25, 0.3) is 0 Å². The molecule has 0 aliphatic carbocycles. The van der Waals surface area contributed by atoms with Crippen LogP contribution in [0.15, 0.2) is 22.8 Å². The smallest absolute Gasteiger partial charge is 0.352 e. The zero-order valence-corrected chi connectivity index (χ0v) is 20.6. The summed E-state index contributed by atoms with van der Waals surface area (Å²) in [6, 6.07) is 0. The molecule has 0 radical (unpaired) electrons. The summed E-state index contributed by atoms with van der Waals surface area (Å²) >= 11 is 3.86. The number of aromatic nitrogens is 7. The van der Waals surface area contributed by atoms with Crippen molar-refractivity contribution in [1.82, 2.24) is 45.6 Å². The Morgan fingerprint density at radius 2 is 2.29 bits per heavy atom. The van der Waals surface area contributed by atoms with Crippen molar-refractivity contribution in [3.05, 3.63) is 23.4 Å². The number of methoxy groups -OCH3 is 1. The second-order valence-corrected chi connectivity index (χ2v) is 10.1. The Kier molecular flexibility index (Phi) is 7.44. The van der Waals surface area contributed by atoms with E-state index in [-0.39, 0.29) is 11.4 Å². The number of hydrogen-bond donors (Lipinski definition) is 3. The number of rotatable bonds is 11. The molecule has 14 nitrogen and oxygen atoms in total. The summed E-state index contributed by atoms with van der Waals surface area (Å²) in [5.74, 6) is -0.649. The zero-order chi connectivity index (χ0) is 24.3. The minimum atomic E-state index is -1.63. The van der Waals surface area contributed by atoms with E-state index in [1.54, 1.807) is 0 Å². The van der Waals surface area contributed by atoms with Crippen molar-refractivity contribution in [1.29, 1.82) is 0 Å². The number of carboxylic acids is 1. The van der Waals surface area contributed by atoms with Gasteiger partial charge < -0.3 is 15.2 Å². The molecule has 2 aliphatic heterocycles. The van der Waals surface area contributed by atoms with Crippen LogP contribution < -0.4 is 5.32 Å². The summed E-state index contributed by atoms with van der Waals surface area (Å²) in [5.41, 5.74) is -1.16. The molecule has 182 valence electrons. The van der Waals surface area contributed by atoms with Crippen molar-refractivity contribution >= 4 is 53.1 Å². The predicted octanol–water partition coefficient (Wildman–Crippen LogP) is -0.451. The van der Waals surface area contributed by atoms with Gasteiger partial charge in [0.2, 0.25) is 5.91 Å². The van der Waals surface area contributed by atoms with E-state index in [2.05, 4.69) is 35.9 Å². The van der Waals surface area contributed by atoms with Crippen molar-refractivity contribution < 1.29 is 24.2 Å². The molecule has 3 N–H and O–H groups in total. The van der Waals surface area contributed by atoms with Crippen molar-refractivity contribution in [3.8, 4) is 0 Å². The number of amides is 2. The SMILES string of the molecule is CCc1nnn(CSCC(=O)NC2(OC)C(=O)N3C(C(=O)O)=C(CSc4ncn[nH]4)CSC32)n1. The molecule has 2 aromatic rings. The van der Waals surface area contributed by atoms with E-state index in [4.69, 9.17) is 4.74 Å². The lowest BCUT2D eigenvalue weighted by Gasteiger charge is -2.55. The first-order valence-electron chi connectivity index (χ1n) is 9.99. The van der Waals surface area contributed by atoms with Crippen molar-refractivity contribution in [2.75, 3.05) is 24.4 Å². The van der Waals surface area contributed by atoms with Crippen LogP contribution in [0.1, 0.15) is 12.7 Å². The van der Waals surface area contributed by atoms with E-state index < -0.39 is 28.9 Å². The van der Waals surface area contributed by atoms with Crippen LogP contribution in [0, 0.1) is 0 Å². The average molecular weight is 528 g/mol. The number of carbonyl (C=O) groups is 3. The maximum Gasteiger partial charge on any atom is 0.352 e. The Morgan fingerprint density at radius 1 is 1.47 bits per heavy atom. The van der Waals surface area contributed by atoms with Crippen molar-refractivity contribution in [2.24, 2.45) is 0 Å². The van der Waals surface area contributed by atoms with Gasteiger partial charge in [0.05, 0.1) is 5.75 Å². The van der Waals surface area contributed by atoms with Gasteiger partial charge in [-0.05, 0) is 10.8 Å². The van der Waals surface area contributed by atoms with Gasteiger partial charge in [-0.3, -0.25) is 19.6 Å². The lowest BCUT2D eigenvalue weighted by Crippen LogP contribution is -2.80. The molecule has 4 heterocycles. The van der Waals surface area contributed by atoms with E-state index in [1.807, 2.05) is 6.92 Å². The van der Waals surface area contributed by atoms with Gasteiger partial charge in [0.25, 0.3) is 11.6 Å². The molecule has 0 spiro atoms. The molecule has 2 atom stereocenters. The van der Waals surface area contributed by atoms with E-state index in [9.17, 15) is 19.5 Å². The number of H-pyrrole nitrogens is 1. The number of aryl methyl sites for hydroxylation is 1. The summed E-state index contributed by atoms with van der Waals surface area (Å²) in [6.07, 6.45) is 2.02. The maximum atomic E-state index is 13.1. The number of fused-ring (bicyclic) bond motifs is 1. The van der Waals surface area contributed by atoms with Gasteiger partial charge >= 0.3 is 5.97 Å². The van der Waals surface area contributed by atoms with E-state index >= 15 is 0 Å². The first kappa shape index (κ1) is 24.5. The Hall–Kier alpha value is -2.63. The van der Waals surface area contributed by atoms with Gasteiger partial charge in [-0.25, -0.2) is 9.78 Å². The summed E-state index contributed by atoms with van der Waals surface area (Å²) in [4.78, 5) is 44.3. The van der Waals surface area contributed by atoms with Gasteiger partial charge in [0.15, 0.2) is 11.0 Å². The number of thioether (sulfide) groups is 3. The topological polar surface area (TPSA) is 181 Å². The summed E-state index contributed by atoms with van der Waals surface area (Å²) in [7, 11) is 1.31. The molecule has 2 unspecified atom stereocenters. The van der Waals surface area contributed by atoms with Crippen molar-refractivity contribution in [3.63, 3.8) is 0 Å². The normalized spacial score (nSPS) is 21.9. The highest BCUT2D eigenvalue weighted by atomic mass is 32.2. The molecule has 0 aromatic carbocycles. The number of hydrogen-bond acceptors (Lipinski definition) is 12. The third-order valence-corrected chi connectivity index (χ3v) is 8.20. The number of carboxylic acid groups (broad SMARTS) is 1. The highest BCUT2D eigenvalue weighted by molar-refractivity contribution is 8.01. The number of ether oxygens (including phenoxy) is 1. The van der Waals surface area contributed by atoms with Crippen LogP contribution in [0.2, 0.25) is 0 Å². The Morgan fingerprint density at radius 3 is 2.94 bits per heavy atom. The summed E-state index contributed by atoms with van der Waals surface area (Å²) in [6.45, 7) is 1.91. The standard InChI is InChI=1S/C17H21N9O5S3/c1-3-10-21-24-25(23-10)8-32-6-11(27)20-17(31-2)14(30)26-12(13(28)29)9(4-33-15(17)26)5-34-16-18-7-19-22-16/h7,15H,3-6,8H2,1-2H3,(H,20,27)(H,28,29)(H,18,19,22). The molecule has 34 heavy (non-hydrogen) atoms. The molecule has 4 rings (SSSR count). The highest BCUT2D eigenvalue weighted by Gasteiger charge is 2.66. The molecule has 2 aromatic heterocycles. The van der Waals surface area contributed by atoms with E-state index in [0.29, 0.717) is 40.4 Å². The third-order valence-electron chi connectivity index (χ3n) is 4.99. The number of nitrogens with one attached hydrogen (secondary N) is 2.